The monoisotopic (exact) mass is 376 g/mol. The molecule has 3 aromatic rings. The lowest BCUT2D eigenvalue weighted by atomic mass is 10.0. The molecule has 0 saturated heterocycles. The Morgan fingerprint density at radius 2 is 2.00 bits per heavy atom. The van der Waals surface area contributed by atoms with E-state index in [0.717, 1.165) is 28.2 Å². The molecule has 1 aliphatic heterocycles. The fraction of sp³-hybridized carbons (Fsp3) is 0.182. The molecule has 0 spiro atoms. The van der Waals surface area contributed by atoms with Gasteiger partial charge in [0.05, 0.1) is 12.3 Å². The number of aromatic nitrogens is 1. The van der Waals surface area contributed by atoms with Crippen LogP contribution in [-0.4, -0.2) is 29.3 Å². The van der Waals surface area contributed by atoms with Crippen molar-refractivity contribution in [1.82, 2.24) is 10.3 Å². The van der Waals surface area contributed by atoms with Crippen LogP contribution in [0.5, 0.6) is 5.75 Å². The van der Waals surface area contributed by atoms with Gasteiger partial charge >= 0.3 is 0 Å². The molecule has 5 heteroatoms. The third kappa shape index (κ3) is 4.49. The van der Waals surface area contributed by atoms with E-state index in [4.69, 9.17) is 4.74 Å². The lowest BCUT2D eigenvalue weighted by Gasteiger charge is -2.11. The molecule has 0 aliphatic carbocycles. The third-order valence-electron chi connectivity index (χ3n) is 4.44. The van der Waals surface area contributed by atoms with Crippen LogP contribution in [0.4, 0.5) is 0 Å². The summed E-state index contributed by atoms with van der Waals surface area (Å²) in [6, 6.07) is 20.1. The zero-order valence-electron chi connectivity index (χ0n) is 14.8. The number of thioether (sulfide) groups is 1. The molecule has 0 bridgehead atoms. The number of amides is 1. The first-order valence-electron chi connectivity index (χ1n) is 8.92. The molecule has 0 radical (unpaired) electrons. The molecule has 0 fully saturated rings. The van der Waals surface area contributed by atoms with Crippen LogP contribution in [0.25, 0.3) is 11.1 Å². The van der Waals surface area contributed by atoms with Gasteiger partial charge in [-0.25, -0.2) is 0 Å². The van der Waals surface area contributed by atoms with Crippen molar-refractivity contribution in [3.05, 3.63) is 78.6 Å². The number of carbonyl (C=O) groups excluding carboxylic acids is 1. The molecule has 0 saturated carbocycles. The Morgan fingerprint density at radius 1 is 1.11 bits per heavy atom. The average Bonchev–Trinajstić information content (AvgIpc) is 3.14. The van der Waals surface area contributed by atoms with Crippen molar-refractivity contribution in [2.75, 3.05) is 12.3 Å². The Bertz CT molecular complexity index is 916. The van der Waals surface area contributed by atoms with Gasteiger partial charge in [0.15, 0.2) is 0 Å². The minimum Gasteiger partial charge on any atom is -0.488 e. The molecule has 136 valence electrons. The second-order valence-electron chi connectivity index (χ2n) is 6.41. The Kier molecular flexibility index (Phi) is 5.39. The van der Waals surface area contributed by atoms with E-state index < -0.39 is 0 Å². The number of rotatable bonds is 6. The highest BCUT2D eigenvalue weighted by molar-refractivity contribution is 8.00. The van der Waals surface area contributed by atoms with Crippen LogP contribution < -0.4 is 10.1 Å². The van der Waals surface area contributed by atoms with E-state index in [1.807, 2.05) is 60.8 Å². The van der Waals surface area contributed by atoms with Crippen LogP contribution in [-0.2, 0) is 11.2 Å². The zero-order valence-corrected chi connectivity index (χ0v) is 15.6. The molecule has 27 heavy (non-hydrogen) atoms. The average molecular weight is 376 g/mol. The first-order valence-corrected chi connectivity index (χ1v) is 9.91. The SMILES string of the molecule is O=C(CSc1ccccc1)NCC1Cc2cc(-c3cccnc3)ccc2O1. The second-order valence-corrected chi connectivity index (χ2v) is 7.46. The molecule has 1 aromatic heterocycles. The van der Waals surface area contributed by atoms with E-state index in [2.05, 4.69) is 16.4 Å². The summed E-state index contributed by atoms with van der Waals surface area (Å²) >= 11 is 1.54. The van der Waals surface area contributed by atoms with Crippen molar-refractivity contribution in [3.8, 4) is 16.9 Å². The number of fused-ring (bicyclic) bond motifs is 1. The van der Waals surface area contributed by atoms with Gasteiger partial charge in [-0.3, -0.25) is 9.78 Å². The van der Waals surface area contributed by atoms with E-state index in [1.165, 1.54) is 17.3 Å². The predicted octanol–water partition coefficient (Wildman–Crippen LogP) is 3.96. The lowest BCUT2D eigenvalue weighted by molar-refractivity contribution is -0.118. The van der Waals surface area contributed by atoms with E-state index in [1.54, 1.807) is 6.20 Å². The van der Waals surface area contributed by atoms with Crippen molar-refractivity contribution >= 4 is 17.7 Å². The number of nitrogens with one attached hydrogen (secondary N) is 1. The van der Waals surface area contributed by atoms with Gasteiger partial charge in [-0.05, 0) is 41.5 Å². The summed E-state index contributed by atoms with van der Waals surface area (Å²) < 4.78 is 5.97. The molecular weight excluding hydrogens is 356 g/mol. The summed E-state index contributed by atoms with van der Waals surface area (Å²) in [6.07, 6.45) is 4.42. The van der Waals surface area contributed by atoms with Crippen LogP contribution in [0.1, 0.15) is 5.56 Å². The zero-order chi connectivity index (χ0) is 18.5. The number of ether oxygens (including phenoxy) is 1. The fourth-order valence-corrected chi connectivity index (χ4v) is 3.84. The van der Waals surface area contributed by atoms with Gasteiger partial charge in [0.2, 0.25) is 5.91 Å². The van der Waals surface area contributed by atoms with Crippen LogP contribution in [0.3, 0.4) is 0 Å². The summed E-state index contributed by atoms with van der Waals surface area (Å²) in [7, 11) is 0. The Balaban J connectivity index is 1.29. The molecule has 1 N–H and O–H groups in total. The normalized spacial score (nSPS) is 15.0. The summed E-state index contributed by atoms with van der Waals surface area (Å²) in [5, 5.41) is 2.98. The molecule has 4 rings (SSSR count). The summed E-state index contributed by atoms with van der Waals surface area (Å²) in [4.78, 5) is 17.4. The number of pyridine rings is 1. The predicted molar refractivity (Wildman–Crippen MR) is 108 cm³/mol. The topological polar surface area (TPSA) is 51.2 Å². The first-order chi connectivity index (χ1) is 13.3. The number of hydrogen-bond donors (Lipinski definition) is 1. The molecule has 1 unspecified atom stereocenters. The van der Waals surface area contributed by atoms with Gasteiger partial charge in [-0.1, -0.05) is 30.3 Å². The van der Waals surface area contributed by atoms with Crippen molar-refractivity contribution in [2.45, 2.75) is 17.4 Å². The number of nitrogens with zero attached hydrogens (tertiary/aromatic N) is 1. The molecule has 1 aliphatic rings. The van der Waals surface area contributed by atoms with E-state index in [9.17, 15) is 4.79 Å². The first kappa shape index (κ1) is 17.6. The number of carbonyl (C=O) groups is 1. The molecule has 2 heterocycles. The van der Waals surface area contributed by atoms with Gasteiger partial charge in [0.25, 0.3) is 0 Å². The van der Waals surface area contributed by atoms with Crippen LogP contribution >= 0.6 is 11.8 Å². The Labute approximate surface area is 163 Å². The maximum absolute atomic E-state index is 12.1. The van der Waals surface area contributed by atoms with E-state index >= 15 is 0 Å². The second kappa shape index (κ2) is 8.27. The smallest absolute Gasteiger partial charge is 0.230 e. The van der Waals surface area contributed by atoms with Crippen molar-refractivity contribution in [3.63, 3.8) is 0 Å². The van der Waals surface area contributed by atoms with E-state index in [0.29, 0.717) is 12.3 Å². The minimum atomic E-state index is -0.0187. The van der Waals surface area contributed by atoms with Crippen molar-refractivity contribution < 1.29 is 9.53 Å². The highest BCUT2D eigenvalue weighted by Crippen LogP contribution is 2.32. The van der Waals surface area contributed by atoms with Crippen molar-refractivity contribution in [1.29, 1.82) is 0 Å². The standard InChI is InChI=1S/C22H20N2O2S/c25-22(15-27-20-6-2-1-3-7-20)24-14-19-12-18-11-16(8-9-21(18)26-19)17-5-4-10-23-13-17/h1-11,13,19H,12,14-15H2,(H,24,25). The molecular formula is C22H20N2O2S. The van der Waals surface area contributed by atoms with Crippen LogP contribution in [0.2, 0.25) is 0 Å². The summed E-state index contributed by atoms with van der Waals surface area (Å²) in [6.45, 7) is 0.519. The van der Waals surface area contributed by atoms with E-state index in [-0.39, 0.29) is 12.0 Å². The quantitative estimate of drug-likeness (QED) is 0.662. The number of benzene rings is 2. The summed E-state index contributed by atoms with van der Waals surface area (Å²) in [5.74, 6) is 1.34. The number of hydrogen-bond acceptors (Lipinski definition) is 4. The molecule has 1 atom stereocenters. The lowest BCUT2D eigenvalue weighted by Crippen LogP contribution is -2.35. The maximum Gasteiger partial charge on any atom is 0.230 e. The van der Waals surface area contributed by atoms with Crippen LogP contribution in [0.15, 0.2) is 78.0 Å². The highest BCUT2D eigenvalue weighted by atomic mass is 32.2. The van der Waals surface area contributed by atoms with Gasteiger partial charge in [0, 0.05) is 29.3 Å². The van der Waals surface area contributed by atoms with Gasteiger partial charge < -0.3 is 10.1 Å². The van der Waals surface area contributed by atoms with Gasteiger partial charge in [0.1, 0.15) is 11.9 Å². The van der Waals surface area contributed by atoms with Crippen molar-refractivity contribution in [2.24, 2.45) is 0 Å². The maximum atomic E-state index is 12.1. The highest BCUT2D eigenvalue weighted by Gasteiger charge is 2.23. The minimum absolute atomic E-state index is 0.0187. The molecule has 2 aromatic carbocycles. The fourth-order valence-electron chi connectivity index (χ4n) is 3.09. The Hall–Kier alpha value is -2.79. The Morgan fingerprint density at radius 3 is 2.81 bits per heavy atom. The van der Waals surface area contributed by atoms with Gasteiger partial charge in [-0.2, -0.15) is 0 Å². The van der Waals surface area contributed by atoms with Crippen LogP contribution in [0, 0.1) is 0 Å². The summed E-state index contributed by atoms with van der Waals surface area (Å²) in [5.41, 5.74) is 3.40. The molecule has 1 amide bonds. The largest absolute Gasteiger partial charge is 0.488 e. The molecule has 4 nitrogen and oxygen atoms in total. The van der Waals surface area contributed by atoms with Gasteiger partial charge in [-0.15, -0.1) is 11.8 Å². The third-order valence-corrected chi connectivity index (χ3v) is 5.45.